The van der Waals surface area contributed by atoms with Crippen LogP contribution in [0.3, 0.4) is 0 Å². The maximum atomic E-state index is 12.0. The maximum absolute atomic E-state index is 12.0. The van der Waals surface area contributed by atoms with Crippen LogP contribution in [0.2, 0.25) is 0 Å². The SMILES string of the molecule is CCCCc1ccc(NC(=O)C2COCCN2)cc1. The second kappa shape index (κ2) is 7.26. The van der Waals surface area contributed by atoms with Crippen molar-refractivity contribution in [1.82, 2.24) is 5.32 Å². The molecule has 4 nitrogen and oxygen atoms in total. The first-order valence-electron chi connectivity index (χ1n) is 7.00. The summed E-state index contributed by atoms with van der Waals surface area (Å²) in [5.41, 5.74) is 2.16. The molecule has 0 aliphatic carbocycles. The third-order valence-corrected chi connectivity index (χ3v) is 3.28. The Labute approximate surface area is 114 Å². The summed E-state index contributed by atoms with van der Waals surface area (Å²) < 4.78 is 5.28. The van der Waals surface area contributed by atoms with Crippen molar-refractivity contribution in [2.24, 2.45) is 0 Å². The lowest BCUT2D eigenvalue weighted by molar-refractivity contribution is -0.120. The molecule has 1 aliphatic rings. The molecule has 104 valence electrons. The summed E-state index contributed by atoms with van der Waals surface area (Å²) in [5.74, 6) is -0.0268. The quantitative estimate of drug-likeness (QED) is 0.853. The van der Waals surface area contributed by atoms with Gasteiger partial charge in [0.15, 0.2) is 0 Å². The molecule has 0 bridgehead atoms. The number of amides is 1. The van der Waals surface area contributed by atoms with E-state index in [1.54, 1.807) is 0 Å². The minimum absolute atomic E-state index is 0.0268. The van der Waals surface area contributed by atoms with Crippen LogP contribution >= 0.6 is 0 Å². The van der Waals surface area contributed by atoms with Crippen LogP contribution in [-0.4, -0.2) is 31.7 Å². The summed E-state index contributed by atoms with van der Waals surface area (Å²) in [5, 5.41) is 6.05. The molecular weight excluding hydrogens is 240 g/mol. The second-order valence-electron chi connectivity index (χ2n) is 4.87. The molecule has 2 rings (SSSR count). The van der Waals surface area contributed by atoms with E-state index in [0.29, 0.717) is 13.2 Å². The Hall–Kier alpha value is -1.39. The Kier molecular flexibility index (Phi) is 5.36. The lowest BCUT2D eigenvalue weighted by Gasteiger charge is -2.22. The molecule has 1 unspecified atom stereocenters. The fourth-order valence-corrected chi connectivity index (χ4v) is 2.10. The van der Waals surface area contributed by atoms with Gasteiger partial charge >= 0.3 is 0 Å². The van der Waals surface area contributed by atoms with Gasteiger partial charge in [0.25, 0.3) is 0 Å². The van der Waals surface area contributed by atoms with E-state index >= 15 is 0 Å². The van der Waals surface area contributed by atoms with E-state index in [0.717, 1.165) is 18.7 Å². The van der Waals surface area contributed by atoms with Gasteiger partial charge in [-0.15, -0.1) is 0 Å². The van der Waals surface area contributed by atoms with Crippen LogP contribution in [0.25, 0.3) is 0 Å². The first kappa shape index (κ1) is 14.0. The highest BCUT2D eigenvalue weighted by atomic mass is 16.5. The number of unbranched alkanes of at least 4 members (excludes halogenated alkanes) is 1. The molecule has 19 heavy (non-hydrogen) atoms. The van der Waals surface area contributed by atoms with Crippen LogP contribution < -0.4 is 10.6 Å². The number of ether oxygens (including phenoxy) is 1. The molecular formula is C15H22N2O2. The predicted octanol–water partition coefficient (Wildman–Crippen LogP) is 1.96. The van der Waals surface area contributed by atoms with Crippen molar-refractivity contribution in [2.45, 2.75) is 32.2 Å². The Morgan fingerprint density at radius 1 is 1.42 bits per heavy atom. The zero-order chi connectivity index (χ0) is 13.5. The number of morpholine rings is 1. The molecule has 2 N–H and O–H groups in total. The minimum Gasteiger partial charge on any atom is -0.378 e. The van der Waals surface area contributed by atoms with E-state index in [-0.39, 0.29) is 11.9 Å². The molecule has 1 aromatic carbocycles. The second-order valence-corrected chi connectivity index (χ2v) is 4.87. The Bertz CT molecular complexity index is 397. The summed E-state index contributed by atoms with van der Waals surface area (Å²) >= 11 is 0. The van der Waals surface area contributed by atoms with Crippen LogP contribution in [0.1, 0.15) is 25.3 Å². The number of carbonyl (C=O) groups is 1. The summed E-state index contributed by atoms with van der Waals surface area (Å²) in [6.07, 6.45) is 3.50. The average Bonchev–Trinajstić information content (AvgIpc) is 2.47. The Morgan fingerprint density at radius 2 is 2.21 bits per heavy atom. The van der Waals surface area contributed by atoms with E-state index in [9.17, 15) is 4.79 Å². The zero-order valence-electron chi connectivity index (χ0n) is 11.4. The molecule has 1 heterocycles. The number of rotatable bonds is 5. The molecule has 1 aliphatic heterocycles. The number of carbonyl (C=O) groups excluding carboxylic acids is 1. The topological polar surface area (TPSA) is 50.4 Å². The predicted molar refractivity (Wildman–Crippen MR) is 76.3 cm³/mol. The first-order valence-corrected chi connectivity index (χ1v) is 7.00. The normalized spacial score (nSPS) is 19.1. The number of nitrogens with one attached hydrogen (secondary N) is 2. The van der Waals surface area contributed by atoms with Gasteiger partial charge < -0.3 is 15.4 Å². The molecule has 4 heteroatoms. The molecule has 1 aromatic rings. The molecule has 0 spiro atoms. The summed E-state index contributed by atoms with van der Waals surface area (Å²) in [4.78, 5) is 12.0. The molecule has 1 amide bonds. The van der Waals surface area contributed by atoms with Crippen LogP contribution in [0.5, 0.6) is 0 Å². The fourth-order valence-electron chi connectivity index (χ4n) is 2.10. The summed E-state index contributed by atoms with van der Waals surface area (Å²) in [6, 6.07) is 7.85. The van der Waals surface area contributed by atoms with Gasteiger partial charge in [-0.05, 0) is 30.5 Å². The Balaban J connectivity index is 1.86. The number of hydrogen-bond acceptors (Lipinski definition) is 3. The number of hydrogen-bond donors (Lipinski definition) is 2. The summed E-state index contributed by atoms with van der Waals surface area (Å²) in [6.45, 7) is 4.04. The number of aryl methyl sites for hydroxylation is 1. The summed E-state index contributed by atoms with van der Waals surface area (Å²) in [7, 11) is 0. The van der Waals surface area contributed by atoms with Crippen LogP contribution in [0, 0.1) is 0 Å². The van der Waals surface area contributed by atoms with Crippen LogP contribution in [-0.2, 0) is 16.0 Å². The van der Waals surface area contributed by atoms with Crippen molar-refractivity contribution in [2.75, 3.05) is 25.1 Å². The largest absolute Gasteiger partial charge is 0.378 e. The van der Waals surface area contributed by atoms with Crippen molar-refractivity contribution in [1.29, 1.82) is 0 Å². The molecule has 1 fully saturated rings. The van der Waals surface area contributed by atoms with E-state index in [1.807, 2.05) is 12.1 Å². The molecule has 1 saturated heterocycles. The van der Waals surface area contributed by atoms with Gasteiger partial charge in [-0.3, -0.25) is 4.79 Å². The van der Waals surface area contributed by atoms with Crippen molar-refractivity contribution < 1.29 is 9.53 Å². The third kappa shape index (κ3) is 4.33. The van der Waals surface area contributed by atoms with E-state index in [2.05, 4.69) is 29.7 Å². The van der Waals surface area contributed by atoms with Gasteiger partial charge in [-0.25, -0.2) is 0 Å². The monoisotopic (exact) mass is 262 g/mol. The van der Waals surface area contributed by atoms with Crippen LogP contribution in [0.4, 0.5) is 5.69 Å². The van der Waals surface area contributed by atoms with E-state index in [4.69, 9.17) is 4.74 Å². The van der Waals surface area contributed by atoms with Crippen LogP contribution in [0.15, 0.2) is 24.3 Å². The van der Waals surface area contributed by atoms with Gasteiger partial charge in [0.2, 0.25) is 5.91 Å². The standard InChI is InChI=1S/C15H22N2O2/c1-2-3-4-12-5-7-13(8-6-12)17-15(18)14-11-19-10-9-16-14/h5-8,14,16H,2-4,9-11H2,1H3,(H,17,18). The lowest BCUT2D eigenvalue weighted by atomic mass is 10.1. The molecule has 0 aromatic heterocycles. The molecule has 1 atom stereocenters. The molecule has 0 saturated carbocycles. The highest BCUT2D eigenvalue weighted by Crippen LogP contribution is 2.12. The number of benzene rings is 1. The lowest BCUT2D eigenvalue weighted by Crippen LogP contribution is -2.48. The minimum atomic E-state index is -0.242. The van der Waals surface area contributed by atoms with Gasteiger partial charge in [0.05, 0.1) is 13.2 Å². The van der Waals surface area contributed by atoms with E-state index in [1.165, 1.54) is 18.4 Å². The van der Waals surface area contributed by atoms with Gasteiger partial charge in [-0.2, -0.15) is 0 Å². The van der Waals surface area contributed by atoms with Gasteiger partial charge in [0.1, 0.15) is 6.04 Å². The third-order valence-electron chi connectivity index (χ3n) is 3.28. The average molecular weight is 262 g/mol. The smallest absolute Gasteiger partial charge is 0.243 e. The highest BCUT2D eigenvalue weighted by Gasteiger charge is 2.20. The first-order chi connectivity index (χ1) is 9.29. The van der Waals surface area contributed by atoms with Gasteiger partial charge in [0, 0.05) is 12.2 Å². The Morgan fingerprint density at radius 3 is 2.84 bits per heavy atom. The van der Waals surface area contributed by atoms with Gasteiger partial charge in [-0.1, -0.05) is 25.5 Å². The number of anilines is 1. The molecule has 0 radical (unpaired) electrons. The zero-order valence-corrected chi connectivity index (χ0v) is 11.4. The van der Waals surface area contributed by atoms with E-state index < -0.39 is 0 Å². The van der Waals surface area contributed by atoms with Crippen molar-refractivity contribution in [3.8, 4) is 0 Å². The fraction of sp³-hybridized carbons (Fsp3) is 0.533. The van der Waals surface area contributed by atoms with Crippen molar-refractivity contribution in [3.05, 3.63) is 29.8 Å². The maximum Gasteiger partial charge on any atom is 0.243 e. The van der Waals surface area contributed by atoms with Crippen molar-refractivity contribution >= 4 is 11.6 Å². The van der Waals surface area contributed by atoms with Crippen molar-refractivity contribution in [3.63, 3.8) is 0 Å². The highest BCUT2D eigenvalue weighted by molar-refractivity contribution is 5.95.